The molecule has 0 aliphatic rings. The molecule has 0 rings (SSSR count). The maximum absolute atomic E-state index is 13.0. The van der Waals surface area contributed by atoms with Crippen LogP contribution in [0.5, 0.6) is 0 Å². The van der Waals surface area contributed by atoms with E-state index in [1.54, 1.807) is 0 Å². The summed E-state index contributed by atoms with van der Waals surface area (Å²) >= 11 is 0. The molecule has 0 bridgehead atoms. The molecule has 5 unspecified atom stereocenters. The first-order valence-electron chi connectivity index (χ1n) is 38.1. The molecule has 4 N–H and O–H groups in total. The van der Waals surface area contributed by atoms with Gasteiger partial charge in [-0.25, -0.2) is 9.13 Å². The molecule has 0 aliphatic heterocycles. The highest BCUT2D eigenvalue weighted by atomic mass is 31.2. The number of phosphoric acid groups is 2. The molecule has 0 heterocycles. The molecular weight excluding hydrogens is 1310 g/mol. The number of carbonyl (C=O) groups excluding carboxylic acids is 3. The maximum Gasteiger partial charge on any atom is 0.472 e. The van der Waals surface area contributed by atoms with E-state index in [0.717, 1.165) is 186 Å². The topological polar surface area (TPSA) is 231 Å². The zero-order valence-electron chi connectivity index (χ0n) is 62.2. The van der Waals surface area contributed by atoms with Crippen LogP contribution in [0.15, 0.2) is 182 Å². The van der Waals surface area contributed by atoms with Crippen LogP contribution in [0.25, 0.3) is 0 Å². The summed E-state index contributed by atoms with van der Waals surface area (Å²) < 4.78 is 61.1. The van der Waals surface area contributed by atoms with Crippen LogP contribution in [0.4, 0.5) is 0 Å². The van der Waals surface area contributed by atoms with E-state index in [1.165, 1.54) is 19.3 Å². The molecule has 18 heteroatoms. The van der Waals surface area contributed by atoms with Gasteiger partial charge in [0.2, 0.25) is 0 Å². The van der Waals surface area contributed by atoms with Crippen molar-refractivity contribution in [3.05, 3.63) is 182 Å². The van der Waals surface area contributed by atoms with Crippen molar-refractivity contribution in [3.8, 4) is 0 Å². The second-order valence-corrected chi connectivity index (χ2v) is 27.6. The lowest BCUT2D eigenvalue weighted by molar-refractivity contribution is -0.161. The average molecular weight is 1450 g/mol. The molecule has 0 saturated carbocycles. The van der Waals surface area contributed by atoms with E-state index < -0.39 is 91.5 Å². The summed E-state index contributed by atoms with van der Waals surface area (Å²) in [6.07, 6.45) is 95.0. The summed E-state index contributed by atoms with van der Waals surface area (Å²) in [6, 6.07) is 0. The van der Waals surface area contributed by atoms with Crippen molar-refractivity contribution in [3.63, 3.8) is 0 Å². The minimum atomic E-state index is -4.96. The third-order valence-electron chi connectivity index (χ3n) is 15.1. The first kappa shape index (κ1) is 95.6. The van der Waals surface area contributed by atoms with Gasteiger partial charge in [0.1, 0.15) is 25.4 Å². The summed E-state index contributed by atoms with van der Waals surface area (Å²) in [4.78, 5) is 58.6. The minimum Gasteiger partial charge on any atom is -0.463 e. The third kappa shape index (κ3) is 75.6. The number of aliphatic hydroxyl groups is 2. The van der Waals surface area contributed by atoms with E-state index in [-0.39, 0.29) is 19.3 Å². The zero-order chi connectivity index (χ0) is 73.7. The van der Waals surface area contributed by atoms with Crippen LogP contribution in [0.3, 0.4) is 0 Å². The maximum atomic E-state index is 13.0. The van der Waals surface area contributed by atoms with Gasteiger partial charge in [0, 0.05) is 19.3 Å². The highest BCUT2D eigenvalue weighted by Crippen LogP contribution is 2.45. The summed E-state index contributed by atoms with van der Waals surface area (Å²) in [6.45, 7) is 2.31. The lowest BCUT2D eigenvalue weighted by atomic mass is 10.1. The van der Waals surface area contributed by atoms with Crippen LogP contribution in [0.1, 0.15) is 265 Å². The molecule has 0 aliphatic carbocycles. The van der Waals surface area contributed by atoms with Gasteiger partial charge in [-0.3, -0.25) is 32.5 Å². The number of aliphatic hydroxyl groups excluding tert-OH is 2. The Bertz CT molecular complexity index is 2570. The fraction of sp³-hybridized carbons (Fsp3) is 0.602. The Hall–Kier alpha value is -5.35. The molecule has 0 fully saturated rings. The number of rotatable bonds is 70. The van der Waals surface area contributed by atoms with Crippen molar-refractivity contribution in [1.29, 1.82) is 0 Å². The lowest BCUT2D eigenvalue weighted by Gasteiger charge is -2.21. The first-order chi connectivity index (χ1) is 49.2. The highest BCUT2D eigenvalue weighted by Gasteiger charge is 2.29. The second kappa shape index (κ2) is 74.4. The van der Waals surface area contributed by atoms with Crippen LogP contribution < -0.4 is 0 Å². The Balaban J connectivity index is 4.75. The van der Waals surface area contributed by atoms with Crippen molar-refractivity contribution in [2.75, 3.05) is 39.6 Å². The molecule has 0 saturated heterocycles. The molecule has 0 aromatic heterocycles. The second-order valence-electron chi connectivity index (χ2n) is 24.7. The van der Waals surface area contributed by atoms with E-state index in [4.69, 9.17) is 32.3 Å². The van der Waals surface area contributed by atoms with Crippen LogP contribution in [0, 0.1) is 0 Å². The van der Waals surface area contributed by atoms with Gasteiger partial charge in [0.05, 0.1) is 26.4 Å². The fourth-order valence-electron chi connectivity index (χ4n) is 9.35. The number of carbonyl (C=O) groups is 3. The number of phosphoric ester groups is 2. The van der Waals surface area contributed by atoms with Crippen LogP contribution >= 0.6 is 15.6 Å². The zero-order valence-corrected chi connectivity index (χ0v) is 64.0. The quantitative estimate of drug-likeness (QED) is 0.0146. The molecular formula is C83H134O16P2. The molecule has 101 heavy (non-hydrogen) atoms. The van der Waals surface area contributed by atoms with E-state index >= 15 is 0 Å². The standard InChI is InChI=1S/C83H134O16P2/c1-4-7-10-13-16-19-22-25-28-31-34-36-37-38-39-41-44-45-48-51-54-57-60-63-66-69-81(86)93-72-78(84)73-95-100(89,90)96-74-79(85)75-97-101(91,92)98-77-80(99-83(88)71-68-65-62-59-56-53-50-47-42-33-30-27-24-21-18-15-12-9-6-3)76-94-82(87)70-67-64-61-58-55-52-49-46-43-40-35-32-29-26-23-20-17-14-11-8-5-2/h7,9-10,12,16-21,25-30,34-36,38-40,42,44-47,49,53,56,78-80,84-85H,4-6,8,11,13-15,22-24,31-33,37,41,43,48,50-52,54-55,57-77H2,1-3H3,(H,89,90)(H,91,92)/b10-7-,12-9-,19-16-,20-17-,21-18-,28-25-,29-26-,30-27-,36-34-,39-38-,40-35-,45-44-,47-42-,49-46-,56-53-. The van der Waals surface area contributed by atoms with Crippen LogP contribution in [0.2, 0.25) is 0 Å². The Kier molecular flexibility index (Phi) is 70.4. The Morgan fingerprint density at radius 2 is 0.525 bits per heavy atom. The van der Waals surface area contributed by atoms with Gasteiger partial charge in [-0.2, -0.15) is 0 Å². The lowest BCUT2D eigenvalue weighted by Crippen LogP contribution is -2.30. The summed E-state index contributed by atoms with van der Waals surface area (Å²) in [5.41, 5.74) is 0. The number of allylic oxidation sites excluding steroid dienone is 30. The monoisotopic (exact) mass is 1450 g/mol. The van der Waals surface area contributed by atoms with Crippen molar-refractivity contribution >= 4 is 33.6 Å². The first-order valence-corrected chi connectivity index (χ1v) is 41.1. The molecule has 16 nitrogen and oxygen atoms in total. The smallest absolute Gasteiger partial charge is 0.463 e. The van der Waals surface area contributed by atoms with Crippen molar-refractivity contribution in [1.82, 2.24) is 0 Å². The van der Waals surface area contributed by atoms with Crippen molar-refractivity contribution < 1.29 is 75.8 Å². The van der Waals surface area contributed by atoms with Gasteiger partial charge in [-0.05, 0) is 161 Å². The number of hydrogen-bond donors (Lipinski definition) is 4. The minimum absolute atomic E-state index is 0.0532. The van der Waals surface area contributed by atoms with E-state index in [0.29, 0.717) is 19.3 Å². The predicted octanol–water partition coefficient (Wildman–Crippen LogP) is 22.2. The molecule has 572 valence electrons. The SMILES string of the molecule is CC/C=C\C/C=C\C/C=C\C/C=C\C/C=C\C/C=C\CCCCCCCCC(=O)OCC(O)COP(=O)(O)OCC(O)COP(=O)(O)OCC(COC(=O)CCCCCCC/C=C\C/C=C\C/C=C\C/C=C\CCCCC)OC(=O)CCCCC/C=C\C/C=C\C/C=C\C/C=C\C/C=C\CC. The van der Waals surface area contributed by atoms with Gasteiger partial charge in [-0.1, -0.05) is 267 Å². The number of hydrogen-bond acceptors (Lipinski definition) is 14. The van der Waals surface area contributed by atoms with Crippen molar-refractivity contribution in [2.45, 2.75) is 283 Å². The van der Waals surface area contributed by atoms with Gasteiger partial charge >= 0.3 is 33.6 Å². The van der Waals surface area contributed by atoms with E-state index in [2.05, 4.69) is 203 Å². The van der Waals surface area contributed by atoms with Gasteiger partial charge in [-0.15, -0.1) is 0 Å². The summed E-state index contributed by atoms with van der Waals surface area (Å²) in [7, 11) is -9.83. The molecule has 5 atom stereocenters. The Morgan fingerprint density at radius 3 is 0.842 bits per heavy atom. The number of unbranched alkanes of at least 4 members (excludes halogenated alkanes) is 17. The average Bonchev–Trinajstić information content (AvgIpc) is 0.990. The molecule has 0 amide bonds. The predicted molar refractivity (Wildman–Crippen MR) is 417 cm³/mol. The van der Waals surface area contributed by atoms with Crippen molar-refractivity contribution in [2.24, 2.45) is 0 Å². The van der Waals surface area contributed by atoms with Gasteiger partial charge in [0.15, 0.2) is 6.10 Å². The fourth-order valence-corrected chi connectivity index (χ4v) is 10.9. The van der Waals surface area contributed by atoms with Crippen LogP contribution in [-0.4, -0.2) is 95.9 Å². The molecule has 0 aromatic rings. The Labute approximate surface area is 611 Å². The normalized spacial score (nSPS) is 15.0. The molecule has 0 aromatic carbocycles. The number of esters is 3. The van der Waals surface area contributed by atoms with Gasteiger partial charge < -0.3 is 34.2 Å². The molecule has 0 radical (unpaired) electrons. The summed E-state index contributed by atoms with van der Waals surface area (Å²) in [5, 5.41) is 20.6. The number of ether oxygens (including phenoxy) is 3. The van der Waals surface area contributed by atoms with E-state index in [9.17, 15) is 43.5 Å². The molecule has 0 spiro atoms. The van der Waals surface area contributed by atoms with E-state index in [1.807, 2.05) is 0 Å². The third-order valence-corrected chi connectivity index (χ3v) is 17.0. The largest absolute Gasteiger partial charge is 0.472 e. The highest BCUT2D eigenvalue weighted by molar-refractivity contribution is 7.47. The van der Waals surface area contributed by atoms with Gasteiger partial charge in [0.25, 0.3) is 0 Å². The summed E-state index contributed by atoms with van der Waals surface area (Å²) in [5.74, 6) is -1.66. The Morgan fingerprint density at radius 1 is 0.287 bits per heavy atom. The van der Waals surface area contributed by atoms with Crippen LogP contribution in [-0.2, 0) is 55.8 Å².